The van der Waals surface area contributed by atoms with E-state index in [-0.39, 0.29) is 57.5 Å². The van der Waals surface area contributed by atoms with Crippen molar-refractivity contribution in [3.63, 3.8) is 0 Å². The van der Waals surface area contributed by atoms with Crippen molar-refractivity contribution < 1.29 is 90.0 Å². The molecule has 3 aromatic rings. The Hall–Kier alpha value is -2.96. The van der Waals surface area contributed by atoms with Crippen LogP contribution in [0.4, 0.5) is 17.1 Å². The van der Waals surface area contributed by atoms with Crippen molar-refractivity contribution in [3.05, 3.63) is 118 Å². The van der Waals surface area contributed by atoms with E-state index in [4.69, 9.17) is 59.8 Å². The summed E-state index contributed by atoms with van der Waals surface area (Å²) in [6.07, 6.45) is 0. The summed E-state index contributed by atoms with van der Waals surface area (Å²) < 4.78 is 56.8. The van der Waals surface area contributed by atoms with Gasteiger partial charge in [0.2, 0.25) is 1.43 Å². The third-order valence-electron chi connectivity index (χ3n) is 5.29. The van der Waals surface area contributed by atoms with Crippen LogP contribution in [-0.4, -0.2) is 85.7 Å². The molecule has 0 heterocycles. The Morgan fingerprint density at radius 1 is 0.821 bits per heavy atom. The SMILES string of the molecule is COC(=O)c1cccc([N+](=O)[O-])c1C.C[O-].ClC(Cl)(Cl)Cl.[2H]C([2H])(Br)c1c(C(=O)OC)cccc1[N+](=O)[O-].[2H]C([2H])([2H])c1c(C(=O)OC)cccc1[N+](=O)[O-].[2H]OC.[B]=NS.[Na+]. The van der Waals surface area contributed by atoms with Gasteiger partial charge in [0.25, 0.3) is 20.3 Å². The number of carbonyl (C=O) groups excluding carboxylic acids is 3. The first-order valence-electron chi connectivity index (χ1n) is 16.3. The number of alkyl halides is 5. The van der Waals surface area contributed by atoms with Crippen LogP contribution in [0, 0.1) is 44.1 Å². The molecule has 303 valence electrons. The zero-order chi connectivity index (χ0) is 49.1. The van der Waals surface area contributed by atoms with Crippen LogP contribution in [0.5, 0.6) is 0 Å². The number of carbonyl (C=O) groups is 3. The van der Waals surface area contributed by atoms with Crippen LogP contribution in [0.3, 0.4) is 0 Å². The number of aliphatic hydroxyl groups excluding tert-OH is 1. The molecule has 0 amide bonds. The number of benzene rings is 3. The number of hydrogen-bond donors (Lipinski definition) is 2. The molecule has 0 bridgehead atoms. The quantitative estimate of drug-likeness (QED) is 0.0646. The van der Waals surface area contributed by atoms with E-state index in [9.17, 15) is 44.7 Å². The first-order chi connectivity index (χ1) is 28.0. The normalized spacial score (nSPS) is 10.9. The summed E-state index contributed by atoms with van der Waals surface area (Å²) >= 11 is 25.2. The number of esters is 3. The molecule has 0 aliphatic heterocycles. The predicted octanol–water partition coefficient (Wildman–Crippen LogP) is 3.98. The molecule has 56 heavy (non-hydrogen) atoms. The average molecular weight is 968 g/mol. The predicted molar refractivity (Wildman–Crippen MR) is 213 cm³/mol. The van der Waals surface area contributed by atoms with Gasteiger partial charge in [0.1, 0.15) is 0 Å². The van der Waals surface area contributed by atoms with Gasteiger partial charge in [-0.05, 0) is 32.0 Å². The molecule has 3 aromatic carbocycles. The van der Waals surface area contributed by atoms with Gasteiger partial charge in [0.05, 0.1) is 58.4 Å². The van der Waals surface area contributed by atoms with E-state index in [1.807, 2.05) is 0 Å². The number of nitro benzene ring substituents is 3. The minimum Gasteiger partial charge on any atom is 1.00 e. The van der Waals surface area contributed by atoms with Crippen molar-refractivity contribution in [3.8, 4) is 0 Å². The summed E-state index contributed by atoms with van der Waals surface area (Å²) in [6.45, 7) is -1.24. The molecule has 26 heteroatoms. The molecular formula is C30H34BBrCl4N4NaO14S. The minimum absolute atomic E-state index is 0. The summed E-state index contributed by atoms with van der Waals surface area (Å²) in [7, 11) is 9.81. The molecule has 0 fully saturated rings. The Morgan fingerprint density at radius 2 is 1.09 bits per heavy atom. The van der Waals surface area contributed by atoms with E-state index < -0.39 is 65.0 Å². The third kappa shape index (κ3) is 25.3. The number of hydrogen-bond acceptors (Lipinski definition) is 16. The molecule has 0 saturated carbocycles. The van der Waals surface area contributed by atoms with Gasteiger partial charge in [0.15, 0.2) is 0 Å². The fourth-order valence-electron chi connectivity index (χ4n) is 3.20. The molecule has 3 rings (SSSR count). The molecular weight excluding hydrogens is 928 g/mol. The molecule has 0 aliphatic rings. The maximum absolute atomic E-state index is 11.4. The maximum atomic E-state index is 11.4. The molecule has 0 saturated heterocycles. The van der Waals surface area contributed by atoms with Gasteiger partial charge >= 0.3 is 72.2 Å². The van der Waals surface area contributed by atoms with Crippen LogP contribution >= 0.6 is 75.1 Å². The second kappa shape index (κ2) is 35.2. The largest absolute Gasteiger partial charge is 1.00 e. The third-order valence-corrected chi connectivity index (χ3v) is 5.69. The van der Waals surface area contributed by atoms with Gasteiger partial charge in [-0.3, -0.25) is 30.3 Å². The van der Waals surface area contributed by atoms with E-state index in [1.54, 1.807) is 0 Å². The monoisotopic (exact) mass is 965 g/mol. The van der Waals surface area contributed by atoms with Crippen LogP contribution in [-0.2, 0) is 19.5 Å². The van der Waals surface area contributed by atoms with E-state index in [1.165, 1.54) is 63.6 Å². The summed E-state index contributed by atoms with van der Waals surface area (Å²) in [6, 6.07) is 11.4. The van der Waals surface area contributed by atoms with Gasteiger partial charge in [-0.1, -0.05) is 80.5 Å². The summed E-state index contributed by atoms with van der Waals surface area (Å²) in [5.74, 6) is -2.31. The fourth-order valence-corrected chi connectivity index (χ4v) is 3.61. The molecule has 0 aliphatic carbocycles. The Bertz CT molecular complexity index is 1850. The van der Waals surface area contributed by atoms with Crippen LogP contribution < -0.4 is 34.7 Å². The van der Waals surface area contributed by atoms with Crippen LogP contribution in [0.25, 0.3) is 0 Å². The smallest absolute Gasteiger partial charge is 1.00 e. The van der Waals surface area contributed by atoms with Gasteiger partial charge < -0.3 is 24.4 Å². The number of rotatable bonds is 7. The van der Waals surface area contributed by atoms with Gasteiger partial charge in [-0.15, -0.1) is 0 Å². The maximum Gasteiger partial charge on any atom is 1.00 e. The molecule has 0 atom stereocenters. The Balaban J connectivity index is -0.000000228. The molecule has 1 N–H and O–H groups in total. The van der Waals surface area contributed by atoms with Crippen LogP contribution in [0.2, 0.25) is 0 Å². The van der Waals surface area contributed by atoms with Gasteiger partial charge in [-0.2, -0.15) is 7.11 Å². The number of methoxy groups -OCH3 is 3. The van der Waals surface area contributed by atoms with Crippen molar-refractivity contribution in [1.29, 1.82) is 1.43 Å². The van der Waals surface area contributed by atoms with Crippen molar-refractivity contribution in [2.75, 3.05) is 35.5 Å². The molecule has 0 unspecified atom stereocenters. The van der Waals surface area contributed by atoms with Gasteiger partial charge in [0, 0.05) is 48.6 Å². The number of ether oxygens (including phenoxy) is 3. The molecule has 18 nitrogen and oxygen atoms in total. The van der Waals surface area contributed by atoms with E-state index in [2.05, 4.69) is 60.0 Å². The van der Waals surface area contributed by atoms with E-state index >= 15 is 0 Å². The molecule has 0 spiro atoms. The number of aliphatic hydroxyl groups is 1. The average Bonchev–Trinajstić information content (AvgIpc) is 3.16. The number of halogens is 5. The summed E-state index contributed by atoms with van der Waals surface area (Å²) in [5.41, 5.74) is -2.07. The summed E-state index contributed by atoms with van der Waals surface area (Å²) in [5, 5.41) is 41.6. The number of nitrogens with zero attached hydrogens (tertiary/aromatic N) is 4. The molecule has 0 aromatic heterocycles. The minimum atomic E-state index is -2.76. The number of nitro groups is 3. The molecule has 1 radical (unpaired) electrons. The topological polar surface area (TPSA) is 264 Å². The van der Waals surface area contributed by atoms with E-state index in [0.29, 0.717) is 5.56 Å². The Morgan fingerprint density at radius 3 is 1.38 bits per heavy atom. The van der Waals surface area contributed by atoms with Crippen LogP contribution in [0.15, 0.2) is 58.9 Å². The second-order valence-corrected chi connectivity index (χ2v) is 12.3. The van der Waals surface area contributed by atoms with Crippen molar-refractivity contribution in [2.45, 2.75) is 22.3 Å². The standard InChI is InChI=1S/C9H8BrNO4.2C9H9NO4.CCl4.CH4O.CH3O.BHNS.Na/c1-15-9(12)6-3-2-4-8(11(13)14)7(6)5-10;2*1-6-7(9(11)14-2)4-3-5-8(6)10(12)13;2-1(3,4)5;2*1-2;1-2-3;/h2-4H,5H2,1H3;2*3-5H,1-2H3;;2H,1H3;1H3;3H;/q;;;;;-1;;+1/i5D2;1D3;;;2D;;;. The Kier molecular flexibility index (Phi) is 30.9. The van der Waals surface area contributed by atoms with Crippen molar-refractivity contribution in [1.82, 2.24) is 0 Å². The number of thiol groups is 1. The zero-order valence-corrected chi connectivity index (χ0v) is 37.6. The first-order valence-corrected chi connectivity index (χ1v) is 16.1. The second-order valence-electron chi connectivity index (χ2n) is 8.23. The first kappa shape index (κ1) is 49.2. The van der Waals surface area contributed by atoms with Gasteiger partial charge in [-0.25, -0.2) is 14.4 Å². The zero-order valence-electron chi connectivity index (χ0n) is 36.1. The van der Waals surface area contributed by atoms with Crippen molar-refractivity contribution in [2.24, 2.45) is 4.30 Å². The fraction of sp³-hybridized carbons (Fsp3) is 0.300. The van der Waals surface area contributed by atoms with E-state index in [0.717, 1.165) is 33.5 Å². The summed E-state index contributed by atoms with van der Waals surface area (Å²) in [4.78, 5) is 63.9. The Labute approximate surface area is 387 Å². The van der Waals surface area contributed by atoms with Crippen LogP contribution in [0.1, 0.15) is 54.6 Å². The van der Waals surface area contributed by atoms with Crippen molar-refractivity contribution >= 4 is 118 Å².